The van der Waals surface area contributed by atoms with E-state index in [9.17, 15) is 0 Å². The number of hydrogen-bond acceptors (Lipinski definition) is 2. The van der Waals surface area contributed by atoms with Crippen molar-refractivity contribution in [2.24, 2.45) is 0 Å². The largest absolute Gasteiger partial charge is 0.233 e. The standard InChI is InChI=1S/C15H14BrClN2/c16-11-6-4-5-10(9-11)15-18-13-8-3-1-2-7-12(13)14(17)19-15/h4-6,9H,1-3,7-8H2. The molecule has 2 aromatic rings. The Hall–Kier alpha value is -0.930. The highest BCUT2D eigenvalue weighted by Crippen LogP contribution is 2.28. The van der Waals surface area contributed by atoms with Crippen molar-refractivity contribution < 1.29 is 0 Å². The van der Waals surface area contributed by atoms with Crippen molar-refractivity contribution in [1.82, 2.24) is 9.97 Å². The Balaban J connectivity index is 2.09. The summed E-state index contributed by atoms with van der Waals surface area (Å²) >= 11 is 9.82. The lowest BCUT2D eigenvalue weighted by molar-refractivity contribution is 0.709. The van der Waals surface area contributed by atoms with Gasteiger partial charge in [-0.2, -0.15) is 0 Å². The maximum atomic E-state index is 6.35. The van der Waals surface area contributed by atoms with E-state index >= 15 is 0 Å². The maximum Gasteiger partial charge on any atom is 0.161 e. The van der Waals surface area contributed by atoms with Gasteiger partial charge in [-0.05, 0) is 37.8 Å². The van der Waals surface area contributed by atoms with Crippen LogP contribution in [-0.2, 0) is 12.8 Å². The van der Waals surface area contributed by atoms with E-state index < -0.39 is 0 Å². The first-order chi connectivity index (χ1) is 9.24. The minimum Gasteiger partial charge on any atom is -0.233 e. The Bertz CT molecular complexity index is 613. The van der Waals surface area contributed by atoms with Gasteiger partial charge in [0.25, 0.3) is 0 Å². The molecule has 4 heteroatoms. The highest BCUT2D eigenvalue weighted by Gasteiger charge is 2.16. The topological polar surface area (TPSA) is 25.8 Å². The number of fused-ring (bicyclic) bond motifs is 1. The van der Waals surface area contributed by atoms with Gasteiger partial charge in [-0.1, -0.05) is 46.1 Å². The fourth-order valence-electron chi connectivity index (χ4n) is 2.48. The number of rotatable bonds is 1. The molecule has 19 heavy (non-hydrogen) atoms. The van der Waals surface area contributed by atoms with Gasteiger partial charge in [0.2, 0.25) is 0 Å². The molecule has 0 bridgehead atoms. The Morgan fingerprint density at radius 3 is 2.74 bits per heavy atom. The van der Waals surface area contributed by atoms with E-state index in [1.54, 1.807) is 0 Å². The zero-order valence-electron chi connectivity index (χ0n) is 10.5. The van der Waals surface area contributed by atoms with E-state index in [1.807, 2.05) is 24.3 Å². The van der Waals surface area contributed by atoms with Crippen molar-refractivity contribution in [2.75, 3.05) is 0 Å². The van der Waals surface area contributed by atoms with Crippen LogP contribution in [0.4, 0.5) is 0 Å². The monoisotopic (exact) mass is 336 g/mol. The molecule has 98 valence electrons. The van der Waals surface area contributed by atoms with Crippen molar-refractivity contribution in [1.29, 1.82) is 0 Å². The molecule has 1 aliphatic carbocycles. The fraction of sp³-hybridized carbons (Fsp3) is 0.333. The summed E-state index contributed by atoms with van der Waals surface area (Å²) in [6.45, 7) is 0. The summed E-state index contributed by atoms with van der Waals surface area (Å²) in [5.74, 6) is 0.729. The van der Waals surface area contributed by atoms with E-state index in [4.69, 9.17) is 16.6 Å². The molecule has 0 spiro atoms. The molecule has 0 radical (unpaired) electrons. The Morgan fingerprint density at radius 2 is 1.89 bits per heavy atom. The van der Waals surface area contributed by atoms with Gasteiger partial charge in [-0.15, -0.1) is 0 Å². The van der Waals surface area contributed by atoms with Gasteiger partial charge in [0.15, 0.2) is 5.82 Å². The van der Waals surface area contributed by atoms with Gasteiger partial charge >= 0.3 is 0 Å². The van der Waals surface area contributed by atoms with Crippen LogP contribution in [0.2, 0.25) is 5.15 Å². The quantitative estimate of drug-likeness (QED) is 0.550. The summed E-state index contributed by atoms with van der Waals surface area (Å²) in [5, 5.41) is 0.627. The molecule has 0 N–H and O–H groups in total. The van der Waals surface area contributed by atoms with Crippen LogP contribution < -0.4 is 0 Å². The third kappa shape index (κ3) is 2.82. The Kier molecular flexibility index (Phi) is 3.85. The van der Waals surface area contributed by atoms with Crippen molar-refractivity contribution >= 4 is 27.5 Å². The van der Waals surface area contributed by atoms with Crippen molar-refractivity contribution in [2.45, 2.75) is 32.1 Å². The summed E-state index contributed by atoms with van der Waals surface area (Å²) in [6.07, 6.45) is 5.65. The lowest BCUT2D eigenvalue weighted by Crippen LogP contribution is -2.02. The number of benzene rings is 1. The highest BCUT2D eigenvalue weighted by molar-refractivity contribution is 9.10. The van der Waals surface area contributed by atoms with E-state index in [1.165, 1.54) is 19.3 Å². The van der Waals surface area contributed by atoms with Crippen molar-refractivity contribution in [3.8, 4) is 11.4 Å². The third-order valence-corrected chi connectivity index (χ3v) is 4.27. The van der Waals surface area contributed by atoms with Gasteiger partial charge in [-0.3, -0.25) is 0 Å². The van der Waals surface area contributed by atoms with Gasteiger partial charge in [0, 0.05) is 21.3 Å². The number of aromatic nitrogens is 2. The molecule has 0 saturated heterocycles. The van der Waals surface area contributed by atoms with Gasteiger partial charge < -0.3 is 0 Å². The summed E-state index contributed by atoms with van der Waals surface area (Å²) in [7, 11) is 0. The first kappa shape index (κ1) is 13.1. The van der Waals surface area contributed by atoms with E-state index in [0.29, 0.717) is 5.15 Å². The molecule has 3 rings (SSSR count). The van der Waals surface area contributed by atoms with Crippen molar-refractivity contribution in [3.05, 3.63) is 45.1 Å². The van der Waals surface area contributed by atoms with Crippen LogP contribution in [0.15, 0.2) is 28.7 Å². The summed E-state index contributed by atoms with van der Waals surface area (Å²) < 4.78 is 1.03. The van der Waals surface area contributed by atoms with Crippen molar-refractivity contribution in [3.63, 3.8) is 0 Å². The lowest BCUT2D eigenvalue weighted by Gasteiger charge is -2.09. The zero-order valence-corrected chi connectivity index (χ0v) is 12.8. The van der Waals surface area contributed by atoms with Crippen LogP contribution >= 0.6 is 27.5 Å². The van der Waals surface area contributed by atoms with Crippen LogP contribution in [-0.4, -0.2) is 9.97 Å². The molecule has 1 aromatic heterocycles. The molecule has 1 heterocycles. The first-order valence-corrected chi connectivity index (χ1v) is 7.72. The molecular weight excluding hydrogens is 324 g/mol. The normalized spacial score (nSPS) is 14.8. The molecule has 0 aliphatic heterocycles. The zero-order chi connectivity index (χ0) is 13.2. The van der Waals surface area contributed by atoms with Gasteiger partial charge in [0.05, 0.1) is 0 Å². The molecule has 0 saturated carbocycles. The highest BCUT2D eigenvalue weighted by atomic mass is 79.9. The summed E-state index contributed by atoms with van der Waals surface area (Å²) in [4.78, 5) is 9.20. The van der Waals surface area contributed by atoms with Crippen LogP contribution in [0.3, 0.4) is 0 Å². The molecule has 2 nitrogen and oxygen atoms in total. The lowest BCUT2D eigenvalue weighted by atomic mass is 10.1. The second-order valence-corrected chi connectivity index (χ2v) is 6.11. The second kappa shape index (κ2) is 5.59. The fourth-order valence-corrected chi connectivity index (χ4v) is 3.16. The van der Waals surface area contributed by atoms with Crippen LogP contribution in [0.25, 0.3) is 11.4 Å². The number of aryl methyl sites for hydroxylation is 1. The summed E-state index contributed by atoms with van der Waals surface area (Å²) in [5.41, 5.74) is 3.29. The number of nitrogens with zero attached hydrogens (tertiary/aromatic N) is 2. The Labute approximate surface area is 126 Å². The molecule has 1 aromatic carbocycles. The van der Waals surface area contributed by atoms with E-state index in [-0.39, 0.29) is 0 Å². The van der Waals surface area contributed by atoms with Gasteiger partial charge in [0.1, 0.15) is 5.15 Å². The molecule has 0 atom stereocenters. The molecule has 0 unspecified atom stereocenters. The first-order valence-electron chi connectivity index (χ1n) is 6.55. The molecule has 1 aliphatic rings. The number of halogens is 2. The average molecular weight is 338 g/mol. The van der Waals surface area contributed by atoms with E-state index in [2.05, 4.69) is 20.9 Å². The number of hydrogen-bond donors (Lipinski definition) is 0. The minimum absolute atomic E-state index is 0.627. The third-order valence-electron chi connectivity index (χ3n) is 3.47. The predicted octanol–water partition coefficient (Wildman–Crippen LogP) is 4.83. The summed E-state index contributed by atoms with van der Waals surface area (Å²) in [6, 6.07) is 8.02. The molecule has 0 amide bonds. The SMILES string of the molecule is Clc1nc(-c2cccc(Br)c2)nc2c1CCCCC2. The average Bonchev–Trinajstić information content (AvgIpc) is 2.64. The van der Waals surface area contributed by atoms with E-state index in [0.717, 1.165) is 40.0 Å². The van der Waals surface area contributed by atoms with Crippen LogP contribution in [0.1, 0.15) is 30.5 Å². The Morgan fingerprint density at radius 1 is 1.05 bits per heavy atom. The van der Waals surface area contributed by atoms with Crippen LogP contribution in [0.5, 0.6) is 0 Å². The smallest absolute Gasteiger partial charge is 0.161 e. The minimum atomic E-state index is 0.627. The van der Waals surface area contributed by atoms with Crippen LogP contribution in [0, 0.1) is 0 Å². The van der Waals surface area contributed by atoms with Gasteiger partial charge in [-0.25, -0.2) is 9.97 Å². The predicted molar refractivity (Wildman–Crippen MR) is 81.4 cm³/mol. The second-order valence-electron chi connectivity index (χ2n) is 4.83. The molecular formula is C15H14BrClN2. The maximum absolute atomic E-state index is 6.35. The molecule has 0 fully saturated rings.